The lowest BCUT2D eigenvalue weighted by Gasteiger charge is -2.18. The molecule has 2 aromatic heterocycles. The molecule has 0 N–H and O–H groups in total. The third kappa shape index (κ3) is 4.35. The SMILES string of the molecule is O=C(Oc1ccc2ccccc2c1-c1c(OC(=O)c2ccncc2)ccc2ccccc12)c1ccncc1. The summed E-state index contributed by atoms with van der Waals surface area (Å²) in [5.74, 6) is -0.329. The number of ether oxygens (including phenoxy) is 2. The molecule has 0 spiro atoms. The molecular formula is C32H20N2O4. The van der Waals surface area contributed by atoms with Crippen LogP contribution in [0.4, 0.5) is 0 Å². The molecule has 0 aliphatic carbocycles. The Morgan fingerprint density at radius 2 is 0.868 bits per heavy atom. The summed E-state index contributed by atoms with van der Waals surface area (Å²) in [6, 6.07) is 29.4. The van der Waals surface area contributed by atoms with E-state index in [1.165, 1.54) is 0 Å². The van der Waals surface area contributed by atoms with Gasteiger partial charge in [0.05, 0.1) is 11.1 Å². The predicted octanol–water partition coefficient (Wildman–Crippen LogP) is 6.89. The van der Waals surface area contributed by atoms with E-state index in [9.17, 15) is 9.59 Å². The number of nitrogens with zero attached hydrogens (tertiary/aromatic N) is 2. The van der Waals surface area contributed by atoms with E-state index in [4.69, 9.17) is 9.47 Å². The van der Waals surface area contributed by atoms with Crippen LogP contribution in [0.15, 0.2) is 122 Å². The first-order valence-corrected chi connectivity index (χ1v) is 12.0. The topological polar surface area (TPSA) is 78.4 Å². The highest BCUT2D eigenvalue weighted by Crippen LogP contribution is 2.45. The van der Waals surface area contributed by atoms with E-state index in [0.717, 1.165) is 21.5 Å². The van der Waals surface area contributed by atoms with Gasteiger partial charge in [0, 0.05) is 35.9 Å². The van der Waals surface area contributed by atoms with Gasteiger partial charge >= 0.3 is 11.9 Å². The van der Waals surface area contributed by atoms with E-state index in [1.807, 2.05) is 60.7 Å². The number of hydrogen-bond donors (Lipinski definition) is 0. The van der Waals surface area contributed by atoms with Crippen molar-refractivity contribution in [2.45, 2.75) is 0 Å². The summed E-state index contributed by atoms with van der Waals surface area (Å²) >= 11 is 0. The maximum Gasteiger partial charge on any atom is 0.343 e. The van der Waals surface area contributed by atoms with Gasteiger partial charge in [-0.1, -0.05) is 60.7 Å². The van der Waals surface area contributed by atoms with Crippen molar-refractivity contribution in [3.8, 4) is 22.6 Å². The van der Waals surface area contributed by atoms with Crippen molar-refractivity contribution in [2.75, 3.05) is 0 Å². The van der Waals surface area contributed by atoms with Crippen LogP contribution in [0.3, 0.4) is 0 Å². The molecule has 38 heavy (non-hydrogen) atoms. The Morgan fingerprint density at radius 3 is 1.29 bits per heavy atom. The number of esters is 2. The van der Waals surface area contributed by atoms with Crippen molar-refractivity contribution < 1.29 is 19.1 Å². The monoisotopic (exact) mass is 496 g/mol. The van der Waals surface area contributed by atoms with Crippen molar-refractivity contribution in [1.82, 2.24) is 9.97 Å². The lowest BCUT2D eigenvalue weighted by Crippen LogP contribution is -2.11. The second kappa shape index (κ2) is 9.95. The van der Waals surface area contributed by atoms with Gasteiger partial charge in [-0.15, -0.1) is 0 Å². The fourth-order valence-corrected chi connectivity index (χ4v) is 4.48. The van der Waals surface area contributed by atoms with E-state index in [-0.39, 0.29) is 0 Å². The average Bonchev–Trinajstić information content (AvgIpc) is 2.98. The number of pyridine rings is 2. The van der Waals surface area contributed by atoms with E-state index in [1.54, 1.807) is 61.2 Å². The van der Waals surface area contributed by atoms with Gasteiger partial charge in [-0.25, -0.2) is 9.59 Å². The molecule has 0 unspecified atom stereocenters. The molecule has 6 aromatic rings. The fraction of sp³-hybridized carbons (Fsp3) is 0. The van der Waals surface area contributed by atoms with Gasteiger partial charge in [-0.3, -0.25) is 9.97 Å². The van der Waals surface area contributed by atoms with Crippen LogP contribution >= 0.6 is 0 Å². The summed E-state index contributed by atoms with van der Waals surface area (Å²) in [4.78, 5) is 34.2. The number of carbonyl (C=O) groups excluding carboxylic acids is 2. The van der Waals surface area contributed by atoms with Gasteiger partial charge in [-0.2, -0.15) is 0 Å². The van der Waals surface area contributed by atoms with Crippen molar-refractivity contribution in [1.29, 1.82) is 0 Å². The number of aromatic nitrogens is 2. The average molecular weight is 497 g/mol. The van der Waals surface area contributed by atoms with Crippen LogP contribution in [-0.4, -0.2) is 21.9 Å². The first-order valence-electron chi connectivity index (χ1n) is 12.0. The number of fused-ring (bicyclic) bond motifs is 2. The second-order valence-corrected chi connectivity index (χ2v) is 8.57. The van der Waals surface area contributed by atoms with Gasteiger partial charge in [0.15, 0.2) is 0 Å². The highest BCUT2D eigenvalue weighted by molar-refractivity contribution is 6.11. The minimum absolute atomic E-state index is 0.350. The summed E-state index contributed by atoms with van der Waals surface area (Å²) in [6.45, 7) is 0. The van der Waals surface area contributed by atoms with Crippen molar-refractivity contribution >= 4 is 33.5 Å². The Balaban J connectivity index is 1.58. The second-order valence-electron chi connectivity index (χ2n) is 8.57. The third-order valence-corrected chi connectivity index (χ3v) is 6.27. The van der Waals surface area contributed by atoms with E-state index < -0.39 is 11.9 Å². The minimum atomic E-state index is -0.514. The van der Waals surface area contributed by atoms with Crippen molar-refractivity contribution in [3.63, 3.8) is 0 Å². The van der Waals surface area contributed by atoms with Crippen molar-refractivity contribution in [2.24, 2.45) is 0 Å². The Bertz CT molecular complexity index is 1670. The van der Waals surface area contributed by atoms with Crippen LogP contribution in [0, 0.1) is 0 Å². The molecule has 6 nitrogen and oxygen atoms in total. The lowest BCUT2D eigenvalue weighted by molar-refractivity contribution is 0.0723. The summed E-state index contributed by atoms with van der Waals surface area (Å²) < 4.78 is 11.9. The number of rotatable bonds is 5. The Hall–Kier alpha value is -5.36. The van der Waals surface area contributed by atoms with Crippen LogP contribution in [0.1, 0.15) is 20.7 Å². The molecule has 0 aliphatic heterocycles. The standard InChI is InChI=1S/C32H20N2O4/c35-31(23-13-17-33-18-14-23)37-27-11-9-21-5-1-3-7-25(21)29(27)30-26-8-4-2-6-22(26)10-12-28(30)38-32(36)24-15-19-34-20-16-24/h1-20H. The smallest absolute Gasteiger partial charge is 0.343 e. The van der Waals surface area contributed by atoms with Crippen LogP contribution in [0.25, 0.3) is 32.7 Å². The van der Waals surface area contributed by atoms with Gasteiger partial charge in [0.2, 0.25) is 0 Å². The summed E-state index contributed by atoms with van der Waals surface area (Å²) in [5.41, 5.74) is 2.06. The van der Waals surface area contributed by atoms with Crippen LogP contribution in [-0.2, 0) is 0 Å². The molecule has 2 heterocycles. The van der Waals surface area contributed by atoms with Crippen LogP contribution in [0.2, 0.25) is 0 Å². The maximum absolute atomic E-state index is 13.1. The molecule has 0 saturated heterocycles. The molecule has 0 radical (unpaired) electrons. The third-order valence-electron chi connectivity index (χ3n) is 6.27. The summed E-state index contributed by atoms with van der Waals surface area (Å²) in [6.07, 6.45) is 6.16. The zero-order valence-corrected chi connectivity index (χ0v) is 20.1. The number of carbonyl (C=O) groups is 2. The Morgan fingerprint density at radius 1 is 0.474 bits per heavy atom. The van der Waals surface area contributed by atoms with Crippen LogP contribution in [0.5, 0.6) is 11.5 Å². The Kier molecular flexibility index (Phi) is 6.04. The van der Waals surface area contributed by atoms with E-state index in [2.05, 4.69) is 9.97 Å². The number of benzene rings is 4. The summed E-state index contributed by atoms with van der Waals surface area (Å²) in [5, 5.41) is 3.60. The van der Waals surface area contributed by atoms with Gasteiger partial charge < -0.3 is 9.47 Å². The van der Waals surface area contributed by atoms with E-state index in [0.29, 0.717) is 33.8 Å². The zero-order valence-electron chi connectivity index (χ0n) is 20.1. The molecule has 0 bridgehead atoms. The normalized spacial score (nSPS) is 10.8. The quantitative estimate of drug-likeness (QED) is 0.191. The van der Waals surface area contributed by atoms with Gasteiger partial charge in [0.25, 0.3) is 0 Å². The minimum Gasteiger partial charge on any atom is -0.422 e. The van der Waals surface area contributed by atoms with E-state index >= 15 is 0 Å². The largest absolute Gasteiger partial charge is 0.422 e. The zero-order chi connectivity index (χ0) is 25.9. The molecule has 182 valence electrons. The van der Waals surface area contributed by atoms with Crippen molar-refractivity contribution in [3.05, 3.63) is 133 Å². The molecule has 0 fully saturated rings. The molecule has 0 aliphatic rings. The highest BCUT2D eigenvalue weighted by atomic mass is 16.5. The fourth-order valence-electron chi connectivity index (χ4n) is 4.48. The lowest BCUT2D eigenvalue weighted by atomic mass is 9.92. The maximum atomic E-state index is 13.1. The predicted molar refractivity (Wildman–Crippen MR) is 145 cm³/mol. The molecule has 6 rings (SSSR count). The van der Waals surface area contributed by atoms with Gasteiger partial charge in [-0.05, 0) is 57.9 Å². The molecule has 0 saturated carbocycles. The first kappa shape index (κ1) is 23.1. The molecule has 6 heteroatoms. The Labute approximate surface area is 218 Å². The molecule has 0 atom stereocenters. The summed E-state index contributed by atoms with van der Waals surface area (Å²) in [7, 11) is 0. The van der Waals surface area contributed by atoms with Crippen LogP contribution < -0.4 is 9.47 Å². The molecular weight excluding hydrogens is 476 g/mol. The molecule has 0 amide bonds. The van der Waals surface area contributed by atoms with Gasteiger partial charge in [0.1, 0.15) is 11.5 Å². The number of hydrogen-bond acceptors (Lipinski definition) is 6. The first-order chi connectivity index (χ1) is 18.7. The molecule has 4 aromatic carbocycles. The highest BCUT2D eigenvalue weighted by Gasteiger charge is 2.22.